The zero-order valence-corrected chi connectivity index (χ0v) is 34.7. The van der Waals surface area contributed by atoms with Gasteiger partial charge in [0, 0.05) is 0 Å². The summed E-state index contributed by atoms with van der Waals surface area (Å²) in [5, 5.41) is 29.9. The normalized spacial score (nSPS) is 29.3. The molecular weight excluding hydrogens is 837 g/mol. The van der Waals surface area contributed by atoms with Gasteiger partial charge in [0.2, 0.25) is 0 Å². The molecule has 3 aliphatic heterocycles. The molecule has 2 aromatic rings. The van der Waals surface area contributed by atoms with E-state index in [-0.39, 0.29) is 34.2 Å². The molecule has 0 aliphatic carbocycles. The van der Waals surface area contributed by atoms with Gasteiger partial charge in [-0.2, -0.15) is 26.3 Å². The number of hydrogen-bond donors (Lipinski definition) is 3. The number of phenols is 1. The molecule has 3 N–H and O–H groups in total. The number of ketones is 2. The molecule has 5 unspecified atom stereocenters. The van der Waals surface area contributed by atoms with Crippen LogP contribution in [-0.2, 0) is 28.5 Å². The van der Waals surface area contributed by atoms with Crippen molar-refractivity contribution in [1.29, 1.82) is 0 Å². The Labute approximate surface area is 353 Å². The number of benzene rings is 2. The molecule has 3 heterocycles. The number of aliphatic hydroxyl groups excluding tert-OH is 2. The summed E-state index contributed by atoms with van der Waals surface area (Å²) in [5.41, 5.74) is 2.62. The maximum atomic E-state index is 13.7. The fraction of sp³-hybridized carbons (Fsp3) is 0.455. The van der Waals surface area contributed by atoms with E-state index in [9.17, 15) is 60.8 Å². The lowest BCUT2D eigenvalue weighted by molar-refractivity contribution is -0.183. The number of phenolic OH excluding ortho intramolecular Hbond substituents is 1. The molecule has 0 radical (unpaired) electrons. The highest BCUT2D eigenvalue weighted by Crippen LogP contribution is 2.36. The van der Waals surface area contributed by atoms with Crippen LogP contribution in [0.4, 0.5) is 31.0 Å². The third-order valence-corrected chi connectivity index (χ3v) is 9.96. The highest BCUT2D eigenvalue weighted by molar-refractivity contribution is 5.98. The lowest BCUT2D eigenvalue weighted by Gasteiger charge is -2.25. The van der Waals surface area contributed by atoms with Crippen molar-refractivity contribution in [3.8, 4) is 5.75 Å². The molecule has 8 atom stereocenters. The predicted molar refractivity (Wildman–Crippen MR) is 212 cm³/mol. The molecule has 62 heavy (non-hydrogen) atoms. The summed E-state index contributed by atoms with van der Waals surface area (Å²) >= 11 is 0. The molecule has 1 saturated heterocycles. The van der Waals surface area contributed by atoms with Gasteiger partial charge in [-0.25, -0.2) is 9.59 Å². The fourth-order valence-corrected chi connectivity index (χ4v) is 7.05. The monoisotopic (exact) mass is 886 g/mol. The number of hydrogen-bond acceptors (Lipinski definition) is 11. The van der Waals surface area contributed by atoms with E-state index in [0.29, 0.717) is 28.8 Å². The van der Waals surface area contributed by atoms with Crippen molar-refractivity contribution in [3.05, 3.63) is 99.7 Å². The Balaban J connectivity index is 0.000000327. The van der Waals surface area contributed by atoms with Gasteiger partial charge in [0.15, 0.2) is 17.4 Å². The smallest absolute Gasteiger partial charge is 0.398 e. The van der Waals surface area contributed by atoms with Gasteiger partial charge in [-0.15, -0.1) is 0 Å². The number of rotatable bonds is 0. The van der Waals surface area contributed by atoms with Crippen LogP contribution in [0.15, 0.2) is 60.7 Å². The Morgan fingerprint density at radius 3 is 1.66 bits per heavy atom. The van der Waals surface area contributed by atoms with Gasteiger partial charge in [-0.3, -0.25) is 14.3 Å². The number of esters is 2. The summed E-state index contributed by atoms with van der Waals surface area (Å²) < 4.78 is 103. The van der Waals surface area contributed by atoms with Crippen LogP contribution in [0, 0.1) is 32.6 Å². The predicted octanol–water partition coefficient (Wildman–Crippen LogP) is 7.93. The second-order valence-corrected chi connectivity index (χ2v) is 15.6. The van der Waals surface area contributed by atoms with Crippen LogP contribution in [-0.4, -0.2) is 93.6 Å². The van der Waals surface area contributed by atoms with Crippen LogP contribution in [0.5, 0.6) is 5.75 Å². The van der Waals surface area contributed by atoms with Crippen molar-refractivity contribution in [2.75, 3.05) is 0 Å². The summed E-state index contributed by atoms with van der Waals surface area (Å²) in [6, 6.07) is 6.29. The Kier molecular flexibility index (Phi) is 16.8. The number of carbonyl (C=O) groups is 4. The molecule has 3 aliphatic rings. The van der Waals surface area contributed by atoms with Gasteiger partial charge in [-0.1, -0.05) is 60.2 Å². The Morgan fingerprint density at radius 1 is 0.661 bits per heavy atom. The van der Waals surface area contributed by atoms with Crippen molar-refractivity contribution in [1.82, 2.24) is 0 Å². The van der Waals surface area contributed by atoms with Gasteiger partial charge in [0.1, 0.15) is 47.6 Å². The summed E-state index contributed by atoms with van der Waals surface area (Å²) in [6.45, 7) is 10.7. The highest BCUT2D eigenvalue weighted by Gasteiger charge is 2.47. The Bertz CT molecular complexity index is 2100. The zero-order chi connectivity index (χ0) is 45.8. The van der Waals surface area contributed by atoms with Gasteiger partial charge in [0.05, 0.1) is 17.8 Å². The van der Waals surface area contributed by atoms with E-state index in [1.54, 1.807) is 52.0 Å². The molecule has 0 amide bonds. The third-order valence-electron chi connectivity index (χ3n) is 9.96. The fourth-order valence-electron chi connectivity index (χ4n) is 7.05. The van der Waals surface area contributed by atoms with Crippen LogP contribution in [0.1, 0.15) is 89.1 Å². The first kappa shape index (κ1) is 51.2. The molecule has 2 aromatic carbocycles. The first-order valence-electron chi connectivity index (χ1n) is 19.2. The molecule has 340 valence electrons. The molecular formula is C44H49F7O11. The summed E-state index contributed by atoms with van der Waals surface area (Å²) in [7, 11) is 0. The minimum atomic E-state index is -4.85. The lowest BCUT2D eigenvalue weighted by atomic mass is 9.96. The average molecular weight is 887 g/mol. The van der Waals surface area contributed by atoms with E-state index >= 15 is 0 Å². The first-order valence-corrected chi connectivity index (χ1v) is 19.2. The Hall–Kier alpha value is -5.17. The number of ether oxygens (including phenoxy) is 4. The van der Waals surface area contributed by atoms with Crippen LogP contribution >= 0.6 is 0 Å². The molecule has 5 rings (SSSR count). The minimum absolute atomic E-state index is 0. The van der Waals surface area contributed by atoms with Gasteiger partial charge >= 0.3 is 24.3 Å². The Morgan fingerprint density at radius 2 is 1.13 bits per heavy atom. The van der Waals surface area contributed by atoms with E-state index in [0.717, 1.165) is 31.6 Å². The second-order valence-electron chi connectivity index (χ2n) is 15.6. The SMILES string of the molecule is Cc1cc(C)c2c(c1)/C=C/C[C@@H]1OC(C)(C)OC1C(=O)/C=C\C(C(F)(F)F)C(C)OC2=O.Cc1cc(O)c2c(c1)/C=C/C[C@H](O)[C@H](O)C(=O)/C=C\C(C(F)(F)F)C(C)OC2=O.F. The molecule has 0 spiro atoms. The quantitative estimate of drug-likeness (QED) is 0.174. The van der Waals surface area contributed by atoms with E-state index in [4.69, 9.17) is 18.9 Å². The maximum absolute atomic E-state index is 13.7. The molecule has 0 bridgehead atoms. The van der Waals surface area contributed by atoms with Crippen molar-refractivity contribution in [3.63, 3.8) is 0 Å². The van der Waals surface area contributed by atoms with Gasteiger partial charge in [-0.05, 0) is 102 Å². The lowest BCUT2D eigenvalue weighted by Crippen LogP contribution is -2.36. The summed E-state index contributed by atoms with van der Waals surface area (Å²) in [5.74, 6) is -9.77. The molecule has 0 aromatic heterocycles. The standard InChI is InChI=1S/C24H27F3O5.C20H21F3O6.FH/c1-13-11-14(2)20-16(12-13)7-6-8-19-21(32-23(4,5)31-19)18(28)10-9-17(24(25,26)27)15(3)30-22(20)29;1-10-8-12-4-3-5-14(24)18(27)15(25)7-6-13(20(21,22)23)11(2)29-19(28)17(12)16(26)9-10;/h6-7,9-12,15,17,19,21H,8H2,1-5H3;3-4,6-9,11,13-14,18,24,26-27H,5H2,1-2H3;1H/b7-6+,10-9-;4-3+,7-6-;/t15?,17?,19-,21?;11?,13?,14-,18-;/m00./s1. The van der Waals surface area contributed by atoms with Gasteiger partial charge < -0.3 is 34.3 Å². The number of aromatic hydroxyl groups is 1. The van der Waals surface area contributed by atoms with Crippen molar-refractivity contribution >= 4 is 35.7 Å². The maximum Gasteiger partial charge on any atom is 0.398 e. The highest BCUT2D eigenvalue weighted by atomic mass is 19.4. The summed E-state index contributed by atoms with van der Waals surface area (Å²) in [4.78, 5) is 50.0. The number of alkyl halides is 6. The number of cyclic esters (lactones) is 2. The molecule has 0 saturated carbocycles. The largest absolute Gasteiger partial charge is 0.507 e. The van der Waals surface area contributed by atoms with Crippen molar-refractivity contribution < 1.29 is 84.5 Å². The van der Waals surface area contributed by atoms with Crippen molar-refractivity contribution in [2.45, 2.75) is 116 Å². The van der Waals surface area contributed by atoms with Crippen LogP contribution in [0.3, 0.4) is 0 Å². The number of carbonyl (C=O) groups excluding carboxylic acids is 4. The number of aryl methyl sites for hydroxylation is 3. The van der Waals surface area contributed by atoms with E-state index in [1.165, 1.54) is 24.3 Å². The first-order chi connectivity index (χ1) is 28.2. The number of aliphatic hydroxyl groups is 2. The third kappa shape index (κ3) is 12.9. The van der Waals surface area contributed by atoms with E-state index in [2.05, 4.69) is 0 Å². The van der Waals surface area contributed by atoms with E-state index < -0.39 is 95.9 Å². The zero-order valence-electron chi connectivity index (χ0n) is 34.7. The molecule has 11 nitrogen and oxygen atoms in total. The van der Waals surface area contributed by atoms with E-state index in [1.807, 2.05) is 6.92 Å². The van der Waals surface area contributed by atoms with Gasteiger partial charge in [0.25, 0.3) is 0 Å². The average Bonchev–Trinajstić information content (AvgIpc) is 3.42. The summed E-state index contributed by atoms with van der Waals surface area (Å²) in [6.07, 6.45) is -9.25. The van der Waals surface area contributed by atoms with Crippen LogP contribution < -0.4 is 0 Å². The van der Waals surface area contributed by atoms with Crippen LogP contribution in [0.25, 0.3) is 12.2 Å². The topological polar surface area (TPSA) is 166 Å². The molecule has 1 fully saturated rings. The second kappa shape index (κ2) is 20.3. The van der Waals surface area contributed by atoms with Crippen LogP contribution in [0.2, 0.25) is 0 Å². The number of halogens is 7. The minimum Gasteiger partial charge on any atom is -0.507 e. The molecule has 18 heteroatoms. The number of fused-ring (bicyclic) bond motifs is 3. The van der Waals surface area contributed by atoms with Crippen molar-refractivity contribution in [2.24, 2.45) is 11.8 Å².